The molecule has 2 aromatic heterocycles. The number of aromatic carboxylic acids is 1. The maximum atomic E-state index is 11.5. The van der Waals surface area contributed by atoms with Gasteiger partial charge in [-0.2, -0.15) is 5.10 Å². The number of carboxylic acids is 1. The largest absolute Gasteiger partial charge is 0.476 e. The van der Waals surface area contributed by atoms with E-state index in [0.29, 0.717) is 12.6 Å². The van der Waals surface area contributed by atoms with Crippen LogP contribution in [0.4, 0.5) is 0 Å². The van der Waals surface area contributed by atoms with Crippen LogP contribution in [0.3, 0.4) is 0 Å². The molecule has 0 unspecified atom stereocenters. The first-order valence-electron chi connectivity index (χ1n) is 8.43. The summed E-state index contributed by atoms with van der Waals surface area (Å²) < 4.78 is 1.85. The van der Waals surface area contributed by atoms with E-state index in [2.05, 4.69) is 28.1 Å². The number of aromatic nitrogens is 3. The Kier molecular flexibility index (Phi) is 4.66. The van der Waals surface area contributed by atoms with Crippen LogP contribution in [0.5, 0.6) is 0 Å². The predicted molar refractivity (Wildman–Crippen MR) is 91.1 cm³/mol. The third kappa shape index (κ3) is 3.19. The van der Waals surface area contributed by atoms with Crippen molar-refractivity contribution >= 4 is 5.97 Å². The zero-order valence-corrected chi connectivity index (χ0v) is 14.5. The lowest BCUT2D eigenvalue weighted by molar-refractivity contribution is 0.0687. The highest BCUT2D eigenvalue weighted by Gasteiger charge is 2.30. The summed E-state index contributed by atoms with van der Waals surface area (Å²) in [5, 5.41) is 13.7. The van der Waals surface area contributed by atoms with Crippen LogP contribution >= 0.6 is 0 Å². The van der Waals surface area contributed by atoms with Gasteiger partial charge in [0.15, 0.2) is 5.69 Å². The van der Waals surface area contributed by atoms with Gasteiger partial charge in [-0.3, -0.25) is 14.6 Å². The number of hydrogen-bond donors (Lipinski definition) is 1. The maximum Gasteiger partial charge on any atom is 0.356 e. The van der Waals surface area contributed by atoms with Crippen LogP contribution in [-0.4, -0.2) is 43.8 Å². The van der Waals surface area contributed by atoms with E-state index in [9.17, 15) is 9.90 Å². The average molecular weight is 328 g/mol. The number of carbonyl (C=O) groups is 1. The zero-order valence-electron chi connectivity index (χ0n) is 14.5. The van der Waals surface area contributed by atoms with E-state index in [4.69, 9.17) is 0 Å². The van der Waals surface area contributed by atoms with Crippen LogP contribution < -0.4 is 0 Å². The second-order valence-electron chi connectivity index (χ2n) is 6.51. The van der Waals surface area contributed by atoms with Gasteiger partial charge in [0.25, 0.3) is 0 Å². The third-order valence-corrected chi connectivity index (χ3v) is 4.84. The zero-order chi connectivity index (χ0) is 17.3. The molecule has 0 spiro atoms. The molecule has 6 heteroatoms. The molecule has 128 valence electrons. The van der Waals surface area contributed by atoms with Gasteiger partial charge in [0, 0.05) is 42.3 Å². The molecule has 0 saturated heterocycles. The molecule has 0 bridgehead atoms. The molecule has 1 aliphatic carbocycles. The minimum Gasteiger partial charge on any atom is -0.476 e. The van der Waals surface area contributed by atoms with Gasteiger partial charge in [-0.25, -0.2) is 4.79 Å². The molecular formula is C18H24N4O2. The Morgan fingerprint density at radius 2 is 2.29 bits per heavy atom. The van der Waals surface area contributed by atoms with Gasteiger partial charge in [0.1, 0.15) is 0 Å². The average Bonchev–Trinajstić information content (AvgIpc) is 2.93. The van der Waals surface area contributed by atoms with Crippen molar-refractivity contribution in [3.8, 4) is 0 Å². The summed E-state index contributed by atoms with van der Waals surface area (Å²) in [6.07, 6.45) is 4.50. The van der Waals surface area contributed by atoms with Gasteiger partial charge < -0.3 is 5.11 Å². The monoisotopic (exact) mass is 328 g/mol. The van der Waals surface area contributed by atoms with E-state index in [-0.39, 0.29) is 5.69 Å². The predicted octanol–water partition coefficient (Wildman–Crippen LogP) is 2.29. The molecule has 1 N–H and O–H groups in total. The van der Waals surface area contributed by atoms with Crippen molar-refractivity contribution in [3.63, 3.8) is 0 Å². The van der Waals surface area contributed by atoms with E-state index < -0.39 is 5.97 Å². The van der Waals surface area contributed by atoms with Gasteiger partial charge in [-0.05, 0) is 57.9 Å². The van der Waals surface area contributed by atoms with Gasteiger partial charge >= 0.3 is 5.97 Å². The van der Waals surface area contributed by atoms with Crippen molar-refractivity contribution in [2.24, 2.45) is 0 Å². The first-order chi connectivity index (χ1) is 11.5. The second kappa shape index (κ2) is 6.73. The topological polar surface area (TPSA) is 71.2 Å². The van der Waals surface area contributed by atoms with Crippen molar-refractivity contribution in [2.45, 2.75) is 52.2 Å². The number of pyridine rings is 1. The Bertz CT molecular complexity index is 753. The fourth-order valence-corrected chi connectivity index (χ4v) is 3.60. The first-order valence-corrected chi connectivity index (χ1v) is 8.43. The van der Waals surface area contributed by atoms with E-state index >= 15 is 0 Å². The van der Waals surface area contributed by atoms with E-state index in [1.807, 2.05) is 30.8 Å². The van der Waals surface area contributed by atoms with Gasteiger partial charge in [0.05, 0.1) is 0 Å². The van der Waals surface area contributed by atoms with Gasteiger partial charge in [-0.1, -0.05) is 0 Å². The minimum absolute atomic E-state index is 0.227. The van der Waals surface area contributed by atoms with Crippen LogP contribution in [0, 0.1) is 6.92 Å². The number of carboxylic acid groups (broad SMARTS) is 1. The van der Waals surface area contributed by atoms with Crippen molar-refractivity contribution in [3.05, 3.63) is 46.5 Å². The molecule has 3 rings (SSSR count). The quantitative estimate of drug-likeness (QED) is 0.912. The third-order valence-electron chi connectivity index (χ3n) is 4.84. The van der Waals surface area contributed by atoms with Crippen molar-refractivity contribution in [1.29, 1.82) is 0 Å². The van der Waals surface area contributed by atoms with Crippen molar-refractivity contribution < 1.29 is 9.90 Å². The first kappa shape index (κ1) is 16.6. The summed E-state index contributed by atoms with van der Waals surface area (Å²) in [6.45, 7) is 5.55. The molecule has 6 nitrogen and oxygen atoms in total. The molecule has 1 aliphatic rings. The summed E-state index contributed by atoms with van der Waals surface area (Å²) in [4.78, 5) is 18.1. The Labute approximate surface area is 142 Å². The Morgan fingerprint density at radius 1 is 1.50 bits per heavy atom. The highest BCUT2D eigenvalue weighted by atomic mass is 16.4. The molecule has 0 aromatic carbocycles. The molecular weight excluding hydrogens is 304 g/mol. The summed E-state index contributed by atoms with van der Waals surface area (Å²) in [5.41, 5.74) is 4.49. The van der Waals surface area contributed by atoms with E-state index in [1.54, 1.807) is 0 Å². The number of rotatable bonds is 5. The number of likely N-dealkylation sites (N-methyl/N-ethyl adjacent to an activating group) is 1. The smallest absolute Gasteiger partial charge is 0.356 e. The molecule has 0 radical (unpaired) electrons. The number of aryl methyl sites for hydroxylation is 2. The SMILES string of the molecule is CCn1nc(C(=O)O)c2c1CC[C@@H](N(C)Cc1ccnc(C)c1)C2. The molecule has 2 heterocycles. The lowest BCUT2D eigenvalue weighted by atomic mass is 9.90. The lowest BCUT2D eigenvalue weighted by Crippen LogP contribution is -2.36. The molecule has 0 saturated carbocycles. The molecule has 0 amide bonds. The molecule has 0 fully saturated rings. The van der Waals surface area contributed by atoms with Crippen molar-refractivity contribution in [1.82, 2.24) is 19.7 Å². The Hall–Kier alpha value is -2.21. The van der Waals surface area contributed by atoms with Crippen molar-refractivity contribution in [2.75, 3.05) is 7.05 Å². The molecule has 1 atom stereocenters. The summed E-state index contributed by atoms with van der Waals surface area (Å²) in [5.74, 6) is -0.925. The number of hydrogen-bond acceptors (Lipinski definition) is 4. The molecule has 2 aromatic rings. The fourth-order valence-electron chi connectivity index (χ4n) is 3.60. The molecule has 0 aliphatic heterocycles. The number of nitrogens with zero attached hydrogens (tertiary/aromatic N) is 4. The maximum absolute atomic E-state index is 11.5. The summed E-state index contributed by atoms with van der Waals surface area (Å²) >= 11 is 0. The van der Waals surface area contributed by atoms with Crippen LogP contribution in [0.25, 0.3) is 0 Å². The Morgan fingerprint density at radius 3 is 2.96 bits per heavy atom. The fraction of sp³-hybridized carbons (Fsp3) is 0.500. The lowest BCUT2D eigenvalue weighted by Gasteiger charge is -2.31. The second-order valence-corrected chi connectivity index (χ2v) is 6.51. The Balaban J connectivity index is 1.79. The highest BCUT2D eigenvalue weighted by molar-refractivity contribution is 5.87. The standard InChI is InChI=1S/C18H24N4O2/c1-4-22-16-6-5-14(10-15(16)17(20-22)18(23)24)21(3)11-13-7-8-19-12(2)9-13/h7-9,14H,4-6,10-11H2,1-3H3,(H,23,24)/t14-/m1/s1. The highest BCUT2D eigenvalue weighted by Crippen LogP contribution is 2.28. The van der Waals surface area contributed by atoms with Gasteiger partial charge in [0.2, 0.25) is 0 Å². The normalized spacial score (nSPS) is 17.1. The van der Waals surface area contributed by atoms with Crippen LogP contribution in [-0.2, 0) is 25.9 Å². The van der Waals surface area contributed by atoms with Crippen LogP contribution in [0.1, 0.15) is 46.3 Å². The summed E-state index contributed by atoms with van der Waals surface area (Å²) in [7, 11) is 2.11. The molecule has 24 heavy (non-hydrogen) atoms. The summed E-state index contributed by atoms with van der Waals surface area (Å²) in [6, 6.07) is 4.47. The van der Waals surface area contributed by atoms with Crippen LogP contribution in [0.15, 0.2) is 18.3 Å². The number of fused-ring (bicyclic) bond motifs is 1. The van der Waals surface area contributed by atoms with Crippen LogP contribution in [0.2, 0.25) is 0 Å². The van der Waals surface area contributed by atoms with E-state index in [1.165, 1.54) is 5.56 Å². The minimum atomic E-state index is -0.925. The van der Waals surface area contributed by atoms with E-state index in [0.717, 1.165) is 42.8 Å². The van der Waals surface area contributed by atoms with Gasteiger partial charge in [-0.15, -0.1) is 0 Å².